The Morgan fingerprint density at radius 3 is 2.40 bits per heavy atom. The zero-order valence-electron chi connectivity index (χ0n) is 16.7. The summed E-state index contributed by atoms with van der Waals surface area (Å²) in [6.45, 7) is -0.196. The zero-order chi connectivity index (χ0) is 20.8. The average Bonchev–Trinajstić information content (AvgIpc) is 3.46. The van der Waals surface area contributed by atoms with Crippen LogP contribution >= 0.6 is 0 Å². The van der Waals surface area contributed by atoms with Crippen molar-refractivity contribution in [2.24, 2.45) is 23.7 Å². The van der Waals surface area contributed by atoms with Crippen LogP contribution in [0.5, 0.6) is 11.5 Å². The van der Waals surface area contributed by atoms with Crippen molar-refractivity contribution < 1.29 is 23.9 Å². The van der Waals surface area contributed by atoms with E-state index < -0.39 is 0 Å². The van der Waals surface area contributed by atoms with Crippen LogP contribution in [0.2, 0.25) is 0 Å². The molecular formula is C24H23NO5. The normalized spacial score (nSPS) is 26.8. The summed E-state index contributed by atoms with van der Waals surface area (Å²) in [5.74, 6) is 0.773. The average molecular weight is 405 g/mol. The smallest absolute Gasteiger partial charge is 0.238 e. The molecule has 3 fully saturated rings. The van der Waals surface area contributed by atoms with Crippen LogP contribution in [0.1, 0.15) is 29.6 Å². The van der Waals surface area contributed by atoms with Gasteiger partial charge in [0.25, 0.3) is 0 Å². The van der Waals surface area contributed by atoms with E-state index in [0.717, 1.165) is 19.3 Å². The second-order valence-corrected chi connectivity index (χ2v) is 8.31. The molecule has 1 heterocycles. The first-order chi connectivity index (χ1) is 14.6. The van der Waals surface area contributed by atoms with Gasteiger partial charge < -0.3 is 9.47 Å². The van der Waals surface area contributed by atoms with E-state index in [0.29, 0.717) is 34.6 Å². The number of Topliss-reactive ketones (excluding diaryl/α,β-unsaturated/α-hetero) is 1. The number of carbonyl (C=O) groups excluding carboxylic acids is 3. The predicted octanol–water partition coefficient (Wildman–Crippen LogP) is 3.49. The van der Waals surface area contributed by atoms with Crippen molar-refractivity contribution in [2.45, 2.75) is 19.3 Å². The number of methoxy groups -OCH3 is 1. The molecule has 1 aliphatic heterocycles. The third-order valence-electron chi connectivity index (χ3n) is 6.78. The van der Waals surface area contributed by atoms with Crippen LogP contribution in [0.4, 0.5) is 5.69 Å². The number of ketones is 1. The van der Waals surface area contributed by atoms with Crippen molar-refractivity contribution in [3.63, 3.8) is 0 Å². The quantitative estimate of drug-likeness (QED) is 0.543. The molecule has 3 aliphatic rings. The van der Waals surface area contributed by atoms with Gasteiger partial charge in [0, 0.05) is 5.56 Å². The fraction of sp³-hybridized carbons (Fsp3) is 0.375. The molecule has 0 radical (unpaired) electrons. The van der Waals surface area contributed by atoms with Gasteiger partial charge in [0.1, 0.15) is 11.5 Å². The Hall–Kier alpha value is -3.15. The van der Waals surface area contributed by atoms with Crippen molar-refractivity contribution in [3.8, 4) is 11.5 Å². The highest BCUT2D eigenvalue weighted by molar-refractivity contribution is 6.23. The zero-order valence-corrected chi connectivity index (χ0v) is 16.7. The lowest BCUT2D eigenvalue weighted by molar-refractivity contribution is -0.123. The molecule has 4 atom stereocenters. The standard InChI is InChI=1S/C24H23NO5/c1-29-17-6-4-5-14(12-17)19(26)13-30-20-8-3-2-7-18(20)25-23(27)21-15-9-10-16(11-15)22(21)24(25)28/h2-8,12,15-16,21-22H,9-11,13H2,1H3/t15-,16+,21-,22+. The van der Waals surface area contributed by atoms with Gasteiger partial charge in [0.05, 0.1) is 24.6 Å². The number of anilines is 1. The highest BCUT2D eigenvalue weighted by Gasteiger charge is 2.61. The summed E-state index contributed by atoms with van der Waals surface area (Å²) in [5.41, 5.74) is 0.908. The van der Waals surface area contributed by atoms with E-state index in [1.165, 1.54) is 4.90 Å². The molecule has 2 saturated carbocycles. The summed E-state index contributed by atoms with van der Waals surface area (Å²) in [4.78, 5) is 40.1. The van der Waals surface area contributed by atoms with E-state index in [4.69, 9.17) is 9.47 Å². The molecule has 5 rings (SSSR count). The monoisotopic (exact) mass is 405 g/mol. The van der Waals surface area contributed by atoms with E-state index >= 15 is 0 Å². The molecule has 154 valence electrons. The molecule has 2 aliphatic carbocycles. The van der Waals surface area contributed by atoms with E-state index in [2.05, 4.69) is 0 Å². The molecule has 2 aromatic rings. The minimum Gasteiger partial charge on any atom is -0.497 e. The van der Waals surface area contributed by atoms with Gasteiger partial charge in [0.15, 0.2) is 12.4 Å². The van der Waals surface area contributed by atoms with Crippen molar-refractivity contribution >= 4 is 23.3 Å². The first-order valence-electron chi connectivity index (χ1n) is 10.4. The first-order valence-corrected chi connectivity index (χ1v) is 10.4. The van der Waals surface area contributed by atoms with E-state index in [-0.39, 0.29) is 36.0 Å². The third-order valence-corrected chi connectivity index (χ3v) is 6.78. The Morgan fingerprint density at radius 1 is 1.00 bits per heavy atom. The fourth-order valence-corrected chi connectivity index (χ4v) is 5.43. The van der Waals surface area contributed by atoms with Gasteiger partial charge in [-0.3, -0.25) is 14.4 Å². The minimum atomic E-state index is -0.210. The van der Waals surface area contributed by atoms with Gasteiger partial charge >= 0.3 is 0 Å². The van der Waals surface area contributed by atoms with Crippen LogP contribution in [0.25, 0.3) is 0 Å². The fourth-order valence-electron chi connectivity index (χ4n) is 5.43. The molecule has 1 saturated heterocycles. The molecule has 0 N–H and O–H groups in total. The number of fused-ring (bicyclic) bond motifs is 5. The van der Waals surface area contributed by atoms with Gasteiger partial charge in [-0.2, -0.15) is 0 Å². The number of carbonyl (C=O) groups is 3. The number of hydrogen-bond acceptors (Lipinski definition) is 5. The molecular weight excluding hydrogens is 382 g/mol. The van der Waals surface area contributed by atoms with Gasteiger partial charge in [-0.1, -0.05) is 24.3 Å². The third kappa shape index (κ3) is 2.90. The number of rotatable bonds is 6. The predicted molar refractivity (Wildman–Crippen MR) is 110 cm³/mol. The maximum atomic E-state index is 13.1. The Morgan fingerprint density at radius 2 is 1.70 bits per heavy atom. The van der Waals surface area contributed by atoms with E-state index in [1.54, 1.807) is 55.6 Å². The molecule has 6 heteroatoms. The summed E-state index contributed by atoms with van der Waals surface area (Å²) in [5, 5.41) is 0. The van der Waals surface area contributed by atoms with Crippen LogP contribution in [-0.2, 0) is 9.59 Å². The van der Waals surface area contributed by atoms with Gasteiger partial charge in [-0.25, -0.2) is 4.90 Å². The Balaban J connectivity index is 1.37. The van der Waals surface area contributed by atoms with Crippen LogP contribution in [0.15, 0.2) is 48.5 Å². The summed E-state index contributed by atoms with van der Waals surface area (Å²) in [6.07, 6.45) is 3.06. The Bertz CT molecular complexity index is 1000. The van der Waals surface area contributed by atoms with Crippen molar-refractivity contribution in [1.82, 2.24) is 0 Å². The topological polar surface area (TPSA) is 72.9 Å². The number of benzene rings is 2. The van der Waals surface area contributed by atoms with E-state index in [9.17, 15) is 14.4 Å². The van der Waals surface area contributed by atoms with Crippen molar-refractivity contribution in [1.29, 1.82) is 0 Å². The lowest BCUT2D eigenvalue weighted by Crippen LogP contribution is -2.33. The molecule has 2 aromatic carbocycles. The van der Waals surface area contributed by atoms with Crippen LogP contribution in [0, 0.1) is 23.7 Å². The van der Waals surface area contributed by atoms with Gasteiger partial charge in [-0.15, -0.1) is 0 Å². The molecule has 2 amide bonds. The summed E-state index contributed by atoms with van der Waals surface area (Å²) in [6, 6.07) is 13.8. The molecule has 0 spiro atoms. The molecule has 2 bridgehead atoms. The maximum Gasteiger partial charge on any atom is 0.238 e. The Labute approximate surface area is 174 Å². The van der Waals surface area contributed by atoms with Gasteiger partial charge in [0.2, 0.25) is 11.8 Å². The van der Waals surface area contributed by atoms with Crippen molar-refractivity contribution in [2.75, 3.05) is 18.6 Å². The molecule has 6 nitrogen and oxygen atoms in total. The number of nitrogens with zero attached hydrogens (tertiary/aromatic N) is 1. The number of para-hydroxylation sites is 2. The number of imide groups is 1. The number of ether oxygens (including phenoxy) is 2. The van der Waals surface area contributed by atoms with E-state index in [1.807, 2.05) is 0 Å². The maximum absolute atomic E-state index is 13.1. The van der Waals surface area contributed by atoms with Crippen LogP contribution in [-0.4, -0.2) is 31.3 Å². The number of hydrogen-bond donors (Lipinski definition) is 0. The molecule has 0 aromatic heterocycles. The summed E-state index contributed by atoms with van der Waals surface area (Å²) in [7, 11) is 1.54. The Kier molecular flexibility index (Phi) is 4.57. The lowest BCUT2D eigenvalue weighted by atomic mass is 9.81. The van der Waals surface area contributed by atoms with Crippen LogP contribution < -0.4 is 14.4 Å². The molecule has 30 heavy (non-hydrogen) atoms. The second kappa shape index (κ2) is 7.27. The minimum absolute atomic E-state index is 0.118. The van der Waals surface area contributed by atoms with Gasteiger partial charge in [-0.05, 0) is 55.4 Å². The SMILES string of the molecule is COc1cccc(C(=O)COc2ccccc2N2C(=O)[C@@H]3[C@@H]4CC[C@@H](C4)[C@@H]3C2=O)c1. The number of amides is 2. The summed E-state index contributed by atoms with van der Waals surface area (Å²) < 4.78 is 11.0. The van der Waals surface area contributed by atoms with Crippen molar-refractivity contribution in [3.05, 3.63) is 54.1 Å². The van der Waals surface area contributed by atoms with Crippen LogP contribution in [0.3, 0.4) is 0 Å². The highest BCUT2D eigenvalue weighted by Crippen LogP contribution is 2.57. The molecule has 0 unspecified atom stereocenters. The summed E-state index contributed by atoms with van der Waals surface area (Å²) >= 11 is 0. The lowest BCUT2D eigenvalue weighted by Gasteiger charge is -2.20. The largest absolute Gasteiger partial charge is 0.497 e. The second-order valence-electron chi connectivity index (χ2n) is 8.31. The first kappa shape index (κ1) is 18.9. The highest BCUT2D eigenvalue weighted by atomic mass is 16.5.